The highest BCUT2D eigenvalue weighted by atomic mass is 16.3. The molecule has 0 amide bonds. The van der Waals surface area contributed by atoms with Crippen LogP contribution >= 0.6 is 0 Å². The van der Waals surface area contributed by atoms with Gasteiger partial charge in [0, 0.05) is 0 Å². The van der Waals surface area contributed by atoms with E-state index < -0.39 is 0 Å². The highest BCUT2D eigenvalue weighted by molar-refractivity contribution is 5.25. The monoisotopic (exact) mass is 221 g/mol. The van der Waals surface area contributed by atoms with E-state index in [1.165, 1.54) is 0 Å². The van der Waals surface area contributed by atoms with E-state index in [-0.39, 0.29) is 12.4 Å². The van der Waals surface area contributed by atoms with Crippen molar-refractivity contribution in [3.8, 4) is 5.75 Å². The van der Waals surface area contributed by atoms with Gasteiger partial charge in [0.1, 0.15) is 11.5 Å². The van der Waals surface area contributed by atoms with Crippen molar-refractivity contribution in [2.45, 2.75) is 13.2 Å². The standard InChI is InChI=1S/C7H8O2.C5H7NO/c8-5-6-1-3-7(9)4-2-6;6-4-5-2-1-3-7-5/h1-4,8-9H,5H2;1-3H,4,6H2. The molecule has 86 valence electrons. The van der Waals surface area contributed by atoms with Gasteiger partial charge in [-0.25, -0.2) is 0 Å². The van der Waals surface area contributed by atoms with Crippen LogP contribution in [0.1, 0.15) is 11.3 Å². The van der Waals surface area contributed by atoms with E-state index >= 15 is 0 Å². The Morgan fingerprint density at radius 1 is 1.12 bits per heavy atom. The highest BCUT2D eigenvalue weighted by Crippen LogP contribution is 2.08. The molecule has 0 fully saturated rings. The molecule has 0 spiro atoms. The third kappa shape index (κ3) is 4.16. The molecule has 2 aromatic rings. The molecule has 1 aromatic heterocycles. The van der Waals surface area contributed by atoms with Crippen LogP contribution in [0.3, 0.4) is 0 Å². The lowest BCUT2D eigenvalue weighted by Gasteiger charge is -1.93. The SMILES string of the molecule is NCc1ccco1.OCc1ccc(O)cc1. The molecule has 1 aromatic carbocycles. The fraction of sp³-hybridized carbons (Fsp3) is 0.167. The van der Waals surface area contributed by atoms with Crippen molar-refractivity contribution in [3.05, 3.63) is 54.0 Å². The number of phenolic OH excluding ortho intramolecular Hbond substituents is 1. The third-order valence-corrected chi connectivity index (χ3v) is 1.90. The van der Waals surface area contributed by atoms with Gasteiger partial charge in [0.25, 0.3) is 0 Å². The summed E-state index contributed by atoms with van der Waals surface area (Å²) in [5.41, 5.74) is 6.01. The lowest BCUT2D eigenvalue weighted by molar-refractivity contribution is 0.281. The van der Waals surface area contributed by atoms with Crippen molar-refractivity contribution in [1.82, 2.24) is 0 Å². The molecular formula is C12H15NO3. The molecule has 4 N–H and O–H groups in total. The van der Waals surface area contributed by atoms with Crippen molar-refractivity contribution in [2.24, 2.45) is 5.73 Å². The predicted octanol–water partition coefficient (Wildman–Crippen LogP) is 1.62. The smallest absolute Gasteiger partial charge is 0.117 e. The fourth-order valence-electron chi connectivity index (χ4n) is 1.03. The first-order chi connectivity index (χ1) is 7.76. The minimum absolute atomic E-state index is 0.0281. The fourth-order valence-corrected chi connectivity index (χ4v) is 1.03. The first-order valence-electron chi connectivity index (χ1n) is 4.87. The van der Waals surface area contributed by atoms with Crippen molar-refractivity contribution < 1.29 is 14.6 Å². The van der Waals surface area contributed by atoms with Crippen LogP contribution in [0.25, 0.3) is 0 Å². The Morgan fingerprint density at radius 3 is 2.19 bits per heavy atom. The number of hydrogen-bond acceptors (Lipinski definition) is 4. The molecule has 0 aliphatic carbocycles. The average Bonchev–Trinajstić information content (AvgIpc) is 2.84. The molecule has 4 heteroatoms. The number of aromatic hydroxyl groups is 1. The van der Waals surface area contributed by atoms with E-state index in [0.29, 0.717) is 6.54 Å². The van der Waals surface area contributed by atoms with Crippen LogP contribution < -0.4 is 5.73 Å². The number of benzene rings is 1. The van der Waals surface area contributed by atoms with Crippen molar-refractivity contribution in [2.75, 3.05) is 0 Å². The minimum Gasteiger partial charge on any atom is -0.508 e. The molecular weight excluding hydrogens is 206 g/mol. The zero-order valence-corrected chi connectivity index (χ0v) is 8.84. The van der Waals surface area contributed by atoms with Gasteiger partial charge in [-0.3, -0.25) is 0 Å². The Bertz CT molecular complexity index is 381. The Balaban J connectivity index is 0.000000165. The number of rotatable bonds is 2. The first kappa shape index (κ1) is 12.3. The van der Waals surface area contributed by atoms with Crippen LogP contribution in [0.2, 0.25) is 0 Å². The van der Waals surface area contributed by atoms with E-state index in [1.807, 2.05) is 12.1 Å². The maximum Gasteiger partial charge on any atom is 0.117 e. The predicted molar refractivity (Wildman–Crippen MR) is 60.6 cm³/mol. The second kappa shape index (κ2) is 6.66. The summed E-state index contributed by atoms with van der Waals surface area (Å²) < 4.78 is 4.86. The van der Waals surface area contributed by atoms with Crippen molar-refractivity contribution in [3.63, 3.8) is 0 Å². The number of furan rings is 1. The summed E-state index contributed by atoms with van der Waals surface area (Å²) in [5, 5.41) is 17.3. The summed E-state index contributed by atoms with van der Waals surface area (Å²) >= 11 is 0. The second-order valence-electron chi connectivity index (χ2n) is 3.11. The van der Waals surface area contributed by atoms with Gasteiger partial charge < -0.3 is 20.4 Å². The molecule has 0 radical (unpaired) electrons. The Morgan fingerprint density at radius 2 is 1.81 bits per heavy atom. The van der Waals surface area contributed by atoms with Crippen LogP contribution in [0.5, 0.6) is 5.75 Å². The molecule has 0 saturated heterocycles. The van der Waals surface area contributed by atoms with Gasteiger partial charge in [-0.1, -0.05) is 12.1 Å². The minimum atomic E-state index is 0.0281. The number of nitrogens with two attached hydrogens (primary N) is 1. The molecule has 4 nitrogen and oxygen atoms in total. The molecule has 0 bridgehead atoms. The Kier molecular flexibility index (Phi) is 5.11. The Hall–Kier alpha value is -1.78. The van der Waals surface area contributed by atoms with Gasteiger partial charge in [0.05, 0.1) is 19.4 Å². The summed E-state index contributed by atoms with van der Waals surface area (Å²) in [6.45, 7) is 0.521. The number of aliphatic hydroxyl groups is 1. The van der Waals surface area contributed by atoms with Gasteiger partial charge in [0.2, 0.25) is 0 Å². The number of hydrogen-bond donors (Lipinski definition) is 3. The van der Waals surface area contributed by atoms with Gasteiger partial charge in [0.15, 0.2) is 0 Å². The van der Waals surface area contributed by atoms with Crippen molar-refractivity contribution >= 4 is 0 Å². The molecule has 16 heavy (non-hydrogen) atoms. The maximum atomic E-state index is 8.77. The van der Waals surface area contributed by atoms with Crippen LogP contribution in [-0.2, 0) is 13.2 Å². The Labute approximate surface area is 93.9 Å². The van der Waals surface area contributed by atoms with E-state index in [4.69, 9.17) is 20.4 Å². The summed E-state index contributed by atoms with van der Waals surface area (Å²) in [6, 6.07) is 10.1. The summed E-state index contributed by atoms with van der Waals surface area (Å²) in [6.07, 6.45) is 1.61. The number of aliphatic hydroxyl groups excluding tert-OH is 1. The van der Waals surface area contributed by atoms with E-state index in [0.717, 1.165) is 11.3 Å². The molecule has 0 aliphatic heterocycles. The third-order valence-electron chi connectivity index (χ3n) is 1.90. The highest BCUT2D eigenvalue weighted by Gasteiger charge is 1.87. The normalized spacial score (nSPS) is 9.38. The molecule has 0 saturated carbocycles. The van der Waals surface area contributed by atoms with Gasteiger partial charge in [-0.15, -0.1) is 0 Å². The molecule has 0 aliphatic rings. The second-order valence-corrected chi connectivity index (χ2v) is 3.11. The van der Waals surface area contributed by atoms with E-state index in [1.54, 1.807) is 30.5 Å². The van der Waals surface area contributed by atoms with Gasteiger partial charge in [-0.05, 0) is 29.8 Å². The quantitative estimate of drug-likeness (QED) is 0.720. The molecule has 2 rings (SSSR count). The van der Waals surface area contributed by atoms with E-state index in [9.17, 15) is 0 Å². The lowest BCUT2D eigenvalue weighted by atomic mass is 10.2. The molecule has 0 atom stereocenters. The van der Waals surface area contributed by atoms with Crippen LogP contribution in [-0.4, -0.2) is 10.2 Å². The summed E-state index contributed by atoms with van der Waals surface area (Å²) in [5.74, 6) is 1.06. The topological polar surface area (TPSA) is 79.6 Å². The average molecular weight is 221 g/mol. The summed E-state index contributed by atoms with van der Waals surface area (Å²) in [7, 11) is 0. The molecule has 1 heterocycles. The maximum absolute atomic E-state index is 8.77. The number of phenols is 1. The zero-order chi connectivity index (χ0) is 11.8. The van der Waals surface area contributed by atoms with Crippen LogP contribution in [0.4, 0.5) is 0 Å². The lowest BCUT2D eigenvalue weighted by Crippen LogP contribution is -1.92. The van der Waals surface area contributed by atoms with Crippen molar-refractivity contribution in [1.29, 1.82) is 0 Å². The van der Waals surface area contributed by atoms with E-state index in [2.05, 4.69) is 0 Å². The van der Waals surface area contributed by atoms with Crippen LogP contribution in [0.15, 0.2) is 47.1 Å². The van der Waals surface area contributed by atoms with Gasteiger partial charge >= 0.3 is 0 Å². The zero-order valence-electron chi connectivity index (χ0n) is 8.84. The first-order valence-corrected chi connectivity index (χ1v) is 4.87. The largest absolute Gasteiger partial charge is 0.508 e. The van der Waals surface area contributed by atoms with Gasteiger partial charge in [-0.2, -0.15) is 0 Å². The summed E-state index contributed by atoms with van der Waals surface area (Å²) in [4.78, 5) is 0. The molecule has 0 unspecified atom stereocenters. The van der Waals surface area contributed by atoms with Crippen LogP contribution in [0, 0.1) is 0 Å².